The molecule has 0 fully saturated rings. The number of amides is 1. The first-order valence-corrected chi connectivity index (χ1v) is 8.71. The third kappa shape index (κ3) is 4.77. The molecular formula is C22H21F2N2O+. The molecule has 0 heterocycles. The molecule has 2 N–H and O–H groups in total. The first-order chi connectivity index (χ1) is 13.0. The van der Waals surface area contributed by atoms with E-state index < -0.39 is 11.6 Å². The van der Waals surface area contributed by atoms with E-state index in [1.807, 2.05) is 67.7 Å². The van der Waals surface area contributed by atoms with Crippen molar-refractivity contribution in [2.75, 3.05) is 18.9 Å². The largest absolute Gasteiger partial charge is 0.320 e. The van der Waals surface area contributed by atoms with Crippen LogP contribution in [0.25, 0.3) is 0 Å². The molecule has 0 saturated heterocycles. The van der Waals surface area contributed by atoms with Gasteiger partial charge in [0.25, 0.3) is 5.91 Å². The van der Waals surface area contributed by atoms with E-state index >= 15 is 0 Å². The maximum atomic E-state index is 13.8. The van der Waals surface area contributed by atoms with E-state index in [0.29, 0.717) is 0 Å². The Balaban J connectivity index is 1.78. The van der Waals surface area contributed by atoms with Crippen molar-refractivity contribution in [3.05, 3.63) is 102 Å². The van der Waals surface area contributed by atoms with E-state index in [4.69, 9.17) is 0 Å². The van der Waals surface area contributed by atoms with Crippen LogP contribution in [0.15, 0.2) is 78.9 Å². The van der Waals surface area contributed by atoms with Crippen molar-refractivity contribution in [3.8, 4) is 0 Å². The molecule has 0 radical (unpaired) electrons. The van der Waals surface area contributed by atoms with E-state index in [-0.39, 0.29) is 24.2 Å². The Hall–Kier alpha value is -3.05. The standard InChI is InChI=1S/C22H20F2N2O/c1-26(15-21(27)25-20-13-12-18(23)14-19(20)24)22(16-8-4-2-5-9-16)17-10-6-3-7-11-17/h2-14,22H,15H2,1H3,(H,25,27)/p+1. The van der Waals surface area contributed by atoms with Crippen LogP contribution in [0.4, 0.5) is 14.5 Å². The van der Waals surface area contributed by atoms with Crippen molar-refractivity contribution < 1.29 is 18.5 Å². The fraction of sp³-hybridized carbons (Fsp3) is 0.136. The van der Waals surface area contributed by atoms with Gasteiger partial charge in [0.05, 0.1) is 12.7 Å². The Morgan fingerprint density at radius 3 is 2.00 bits per heavy atom. The third-order valence-electron chi connectivity index (χ3n) is 4.40. The van der Waals surface area contributed by atoms with E-state index in [1.165, 1.54) is 6.07 Å². The molecule has 0 aliphatic carbocycles. The predicted molar refractivity (Wildman–Crippen MR) is 101 cm³/mol. The fourth-order valence-electron chi connectivity index (χ4n) is 3.19. The lowest BCUT2D eigenvalue weighted by Gasteiger charge is -2.25. The molecule has 5 heteroatoms. The van der Waals surface area contributed by atoms with Gasteiger partial charge in [-0.15, -0.1) is 0 Å². The molecule has 1 amide bonds. The van der Waals surface area contributed by atoms with Crippen LogP contribution in [0.2, 0.25) is 0 Å². The van der Waals surface area contributed by atoms with Gasteiger partial charge in [-0.25, -0.2) is 8.78 Å². The quantitative estimate of drug-likeness (QED) is 0.689. The number of carbonyl (C=O) groups excluding carboxylic acids is 1. The van der Waals surface area contributed by atoms with Gasteiger partial charge in [-0.3, -0.25) is 4.79 Å². The second-order valence-corrected chi connectivity index (χ2v) is 6.45. The highest BCUT2D eigenvalue weighted by Gasteiger charge is 2.25. The first kappa shape index (κ1) is 18.7. The van der Waals surface area contributed by atoms with Crippen LogP contribution >= 0.6 is 0 Å². The maximum absolute atomic E-state index is 13.8. The maximum Gasteiger partial charge on any atom is 0.279 e. The molecule has 0 aliphatic heterocycles. The Bertz CT molecular complexity index is 861. The summed E-state index contributed by atoms with van der Waals surface area (Å²) < 4.78 is 26.8. The highest BCUT2D eigenvalue weighted by molar-refractivity contribution is 5.91. The van der Waals surface area contributed by atoms with Crippen molar-refractivity contribution in [1.29, 1.82) is 0 Å². The van der Waals surface area contributed by atoms with Gasteiger partial charge in [-0.05, 0) is 12.1 Å². The van der Waals surface area contributed by atoms with Gasteiger partial charge in [0.1, 0.15) is 17.7 Å². The number of hydrogen-bond donors (Lipinski definition) is 2. The number of rotatable bonds is 6. The molecule has 0 bridgehead atoms. The zero-order valence-corrected chi connectivity index (χ0v) is 15.0. The van der Waals surface area contributed by atoms with Crippen LogP contribution in [-0.2, 0) is 4.79 Å². The van der Waals surface area contributed by atoms with Crippen LogP contribution in [-0.4, -0.2) is 19.5 Å². The number of hydrogen-bond acceptors (Lipinski definition) is 1. The predicted octanol–water partition coefficient (Wildman–Crippen LogP) is 3.21. The summed E-state index contributed by atoms with van der Waals surface area (Å²) in [6.45, 7) is 0.130. The van der Waals surface area contributed by atoms with Crippen LogP contribution in [0.1, 0.15) is 17.2 Å². The van der Waals surface area contributed by atoms with Crippen molar-refractivity contribution in [1.82, 2.24) is 0 Å². The number of benzene rings is 3. The van der Waals surface area contributed by atoms with Gasteiger partial charge in [0.2, 0.25) is 0 Å². The van der Waals surface area contributed by atoms with Crippen LogP contribution < -0.4 is 10.2 Å². The summed E-state index contributed by atoms with van der Waals surface area (Å²) in [5.74, 6) is -1.81. The number of carbonyl (C=O) groups is 1. The summed E-state index contributed by atoms with van der Waals surface area (Å²) >= 11 is 0. The van der Waals surface area contributed by atoms with Gasteiger partial charge in [0.15, 0.2) is 6.54 Å². The molecule has 3 rings (SSSR count). The lowest BCUT2D eigenvalue weighted by atomic mass is 9.97. The summed E-state index contributed by atoms with van der Waals surface area (Å²) in [7, 11) is 1.92. The summed E-state index contributed by atoms with van der Waals surface area (Å²) in [4.78, 5) is 13.4. The third-order valence-corrected chi connectivity index (χ3v) is 4.40. The summed E-state index contributed by atoms with van der Waals surface area (Å²) in [5, 5.41) is 2.52. The summed E-state index contributed by atoms with van der Waals surface area (Å²) in [6, 6.07) is 22.9. The highest BCUT2D eigenvalue weighted by atomic mass is 19.1. The van der Waals surface area contributed by atoms with Crippen molar-refractivity contribution in [2.45, 2.75) is 6.04 Å². The van der Waals surface area contributed by atoms with Gasteiger partial charge in [-0.1, -0.05) is 60.7 Å². The van der Waals surface area contributed by atoms with Crippen LogP contribution in [0, 0.1) is 11.6 Å². The molecule has 0 aromatic heterocycles. The molecular weight excluding hydrogens is 346 g/mol. The molecule has 3 aromatic carbocycles. The minimum Gasteiger partial charge on any atom is -0.320 e. The van der Waals surface area contributed by atoms with Gasteiger partial charge >= 0.3 is 0 Å². The monoisotopic (exact) mass is 367 g/mol. The topological polar surface area (TPSA) is 33.5 Å². The zero-order chi connectivity index (χ0) is 19.2. The lowest BCUT2D eigenvalue weighted by molar-refractivity contribution is -0.897. The Morgan fingerprint density at radius 1 is 0.926 bits per heavy atom. The van der Waals surface area contributed by atoms with E-state index in [2.05, 4.69) is 5.32 Å². The smallest absolute Gasteiger partial charge is 0.279 e. The van der Waals surface area contributed by atoms with Crippen molar-refractivity contribution in [2.24, 2.45) is 0 Å². The van der Waals surface area contributed by atoms with E-state index in [1.54, 1.807) is 0 Å². The lowest BCUT2D eigenvalue weighted by Crippen LogP contribution is -3.10. The highest BCUT2D eigenvalue weighted by Crippen LogP contribution is 2.19. The molecule has 27 heavy (non-hydrogen) atoms. The Kier molecular flexibility index (Phi) is 5.94. The molecule has 3 aromatic rings. The molecule has 1 unspecified atom stereocenters. The number of likely N-dealkylation sites (N-methyl/N-ethyl adjacent to an activating group) is 1. The van der Waals surface area contributed by atoms with Crippen LogP contribution in [0.3, 0.4) is 0 Å². The molecule has 0 aliphatic rings. The molecule has 3 nitrogen and oxygen atoms in total. The molecule has 0 saturated carbocycles. The summed E-state index contributed by atoms with van der Waals surface area (Å²) in [5.41, 5.74) is 2.15. The van der Waals surface area contributed by atoms with Crippen molar-refractivity contribution in [3.63, 3.8) is 0 Å². The normalized spacial score (nSPS) is 12.0. The molecule has 0 spiro atoms. The molecule has 138 valence electrons. The minimum atomic E-state index is -0.788. The zero-order valence-electron chi connectivity index (χ0n) is 15.0. The average Bonchev–Trinajstić information content (AvgIpc) is 2.66. The fourth-order valence-corrected chi connectivity index (χ4v) is 3.19. The first-order valence-electron chi connectivity index (χ1n) is 8.71. The number of quaternary nitrogens is 1. The van der Waals surface area contributed by atoms with Gasteiger partial charge < -0.3 is 10.2 Å². The SMILES string of the molecule is C[NH+](CC(=O)Nc1ccc(F)cc1F)C(c1ccccc1)c1ccccc1. The second-order valence-electron chi connectivity index (χ2n) is 6.45. The summed E-state index contributed by atoms with van der Waals surface area (Å²) in [6.07, 6.45) is 0. The van der Waals surface area contributed by atoms with Gasteiger partial charge in [0, 0.05) is 17.2 Å². The minimum absolute atomic E-state index is 0.0230. The second kappa shape index (κ2) is 8.56. The number of anilines is 1. The van der Waals surface area contributed by atoms with E-state index in [0.717, 1.165) is 28.2 Å². The van der Waals surface area contributed by atoms with Gasteiger partial charge in [-0.2, -0.15) is 0 Å². The number of halogens is 2. The van der Waals surface area contributed by atoms with Crippen LogP contribution in [0.5, 0.6) is 0 Å². The van der Waals surface area contributed by atoms with E-state index in [9.17, 15) is 13.6 Å². The Morgan fingerprint density at radius 2 is 1.48 bits per heavy atom. The molecule has 1 atom stereocenters. The Labute approximate surface area is 157 Å². The average molecular weight is 367 g/mol. The van der Waals surface area contributed by atoms with Crippen molar-refractivity contribution >= 4 is 11.6 Å². The number of nitrogens with one attached hydrogen (secondary N) is 2.